The summed E-state index contributed by atoms with van der Waals surface area (Å²) in [7, 11) is 0. The van der Waals surface area contributed by atoms with E-state index in [0.717, 1.165) is 19.3 Å². The Labute approximate surface area is 109 Å². The van der Waals surface area contributed by atoms with E-state index < -0.39 is 12.0 Å². The average Bonchev–Trinajstić information content (AvgIpc) is 2.25. The third kappa shape index (κ3) is 4.40. The Balaban J connectivity index is 1.84. The van der Waals surface area contributed by atoms with Crippen LogP contribution in [0.3, 0.4) is 0 Å². The van der Waals surface area contributed by atoms with E-state index in [2.05, 4.69) is 10.1 Å². The quantitative estimate of drug-likeness (QED) is 0.868. The van der Waals surface area contributed by atoms with Crippen LogP contribution in [0.1, 0.15) is 24.8 Å². The van der Waals surface area contributed by atoms with Gasteiger partial charge in [0, 0.05) is 13.1 Å². The molecule has 106 valence electrons. The lowest BCUT2D eigenvalue weighted by atomic mass is 9.80. The van der Waals surface area contributed by atoms with Gasteiger partial charge >= 0.3 is 6.36 Å². The van der Waals surface area contributed by atoms with Crippen molar-refractivity contribution in [2.45, 2.75) is 37.8 Å². The van der Waals surface area contributed by atoms with Crippen molar-refractivity contribution in [1.82, 2.24) is 5.32 Å². The van der Waals surface area contributed by atoms with Gasteiger partial charge in [-0.15, -0.1) is 13.2 Å². The predicted molar refractivity (Wildman–Crippen MR) is 63.6 cm³/mol. The van der Waals surface area contributed by atoms with Crippen LogP contribution in [0, 0.1) is 0 Å². The van der Waals surface area contributed by atoms with Crippen LogP contribution in [0.2, 0.25) is 0 Å². The van der Waals surface area contributed by atoms with E-state index in [1.165, 1.54) is 18.2 Å². The van der Waals surface area contributed by atoms with Crippen LogP contribution in [0.25, 0.3) is 0 Å². The molecule has 0 unspecified atom stereocenters. The second kappa shape index (κ2) is 5.38. The van der Waals surface area contributed by atoms with Crippen molar-refractivity contribution in [3.05, 3.63) is 29.8 Å². The Kier molecular flexibility index (Phi) is 4.01. The van der Waals surface area contributed by atoms with Crippen LogP contribution in [-0.2, 0) is 6.54 Å². The van der Waals surface area contributed by atoms with Crippen LogP contribution in [0.15, 0.2) is 24.3 Å². The fourth-order valence-electron chi connectivity index (χ4n) is 2.05. The third-order valence-corrected chi connectivity index (χ3v) is 3.20. The Bertz CT molecular complexity index is 430. The number of hydrogen-bond donors (Lipinski definition) is 2. The first-order valence-corrected chi connectivity index (χ1v) is 6.14. The molecule has 0 spiro atoms. The molecule has 0 atom stereocenters. The Hall–Kier alpha value is -1.27. The lowest BCUT2D eigenvalue weighted by molar-refractivity contribution is -0.274. The maximum absolute atomic E-state index is 12.1. The maximum atomic E-state index is 12.1. The molecule has 0 radical (unpaired) electrons. The first-order valence-electron chi connectivity index (χ1n) is 6.14. The molecule has 2 N–H and O–H groups in total. The molecule has 1 aromatic carbocycles. The summed E-state index contributed by atoms with van der Waals surface area (Å²) in [5.74, 6) is -0.228. The standard InChI is InChI=1S/C13H16F3NO2/c14-13(15,16)19-11-4-1-3-10(7-11)8-17-9-12(18)5-2-6-12/h1,3-4,7,17-18H,2,5-6,8-9H2. The first kappa shape index (κ1) is 14.1. The summed E-state index contributed by atoms with van der Waals surface area (Å²) < 4.78 is 40.0. The SMILES string of the molecule is OC1(CNCc2cccc(OC(F)(F)F)c2)CCC1. The molecule has 1 aliphatic rings. The van der Waals surface area contributed by atoms with Crippen LogP contribution >= 0.6 is 0 Å². The fourth-order valence-corrected chi connectivity index (χ4v) is 2.05. The molecule has 0 aromatic heterocycles. The van der Waals surface area contributed by atoms with Crippen molar-refractivity contribution in [1.29, 1.82) is 0 Å². The van der Waals surface area contributed by atoms with Crippen LogP contribution in [0.4, 0.5) is 13.2 Å². The van der Waals surface area contributed by atoms with E-state index >= 15 is 0 Å². The highest BCUT2D eigenvalue weighted by Gasteiger charge is 2.33. The van der Waals surface area contributed by atoms with Crippen molar-refractivity contribution in [2.75, 3.05) is 6.54 Å². The number of alkyl halides is 3. The molecule has 0 amide bonds. The van der Waals surface area contributed by atoms with E-state index in [-0.39, 0.29) is 5.75 Å². The number of ether oxygens (including phenoxy) is 1. The molecular formula is C13H16F3NO2. The number of halogens is 3. The number of rotatable bonds is 5. The van der Waals surface area contributed by atoms with Gasteiger partial charge in [0.1, 0.15) is 5.75 Å². The largest absolute Gasteiger partial charge is 0.573 e. The second-order valence-corrected chi connectivity index (χ2v) is 4.88. The lowest BCUT2D eigenvalue weighted by Gasteiger charge is -2.36. The van der Waals surface area contributed by atoms with E-state index in [0.29, 0.717) is 18.7 Å². The summed E-state index contributed by atoms with van der Waals surface area (Å²) in [6.45, 7) is 0.856. The van der Waals surface area contributed by atoms with Crippen molar-refractivity contribution >= 4 is 0 Å². The van der Waals surface area contributed by atoms with Gasteiger partial charge in [-0.25, -0.2) is 0 Å². The van der Waals surface area contributed by atoms with Crippen molar-refractivity contribution in [2.24, 2.45) is 0 Å². The molecule has 0 saturated heterocycles. The topological polar surface area (TPSA) is 41.5 Å². The Morgan fingerprint density at radius 1 is 1.32 bits per heavy atom. The number of aliphatic hydroxyl groups is 1. The van der Waals surface area contributed by atoms with Crippen molar-refractivity contribution < 1.29 is 23.0 Å². The lowest BCUT2D eigenvalue weighted by Crippen LogP contribution is -2.45. The predicted octanol–water partition coefficient (Wildman–Crippen LogP) is 2.59. The number of benzene rings is 1. The molecule has 3 nitrogen and oxygen atoms in total. The summed E-state index contributed by atoms with van der Waals surface area (Å²) in [6.07, 6.45) is -2.10. The molecule has 1 aromatic rings. The van der Waals surface area contributed by atoms with Gasteiger partial charge in [-0.3, -0.25) is 0 Å². The first-order chi connectivity index (χ1) is 8.86. The number of hydrogen-bond acceptors (Lipinski definition) is 3. The summed E-state index contributed by atoms with van der Waals surface area (Å²) in [4.78, 5) is 0. The minimum atomic E-state index is -4.67. The highest BCUT2D eigenvalue weighted by Crippen LogP contribution is 2.30. The maximum Gasteiger partial charge on any atom is 0.573 e. The molecule has 2 rings (SSSR count). The smallest absolute Gasteiger partial charge is 0.406 e. The van der Waals surface area contributed by atoms with E-state index in [1.807, 2.05) is 0 Å². The van der Waals surface area contributed by atoms with Gasteiger partial charge < -0.3 is 15.2 Å². The molecule has 1 saturated carbocycles. The van der Waals surface area contributed by atoms with Crippen LogP contribution in [-0.4, -0.2) is 23.6 Å². The summed E-state index contributed by atoms with van der Waals surface area (Å²) in [5, 5.41) is 12.9. The monoisotopic (exact) mass is 275 g/mol. The van der Waals surface area contributed by atoms with E-state index in [9.17, 15) is 18.3 Å². The van der Waals surface area contributed by atoms with Gasteiger partial charge in [-0.05, 0) is 37.0 Å². The third-order valence-electron chi connectivity index (χ3n) is 3.20. The zero-order valence-electron chi connectivity index (χ0n) is 10.3. The molecule has 0 bridgehead atoms. The molecule has 6 heteroatoms. The highest BCUT2D eigenvalue weighted by molar-refractivity contribution is 5.28. The Morgan fingerprint density at radius 2 is 2.05 bits per heavy atom. The minimum absolute atomic E-state index is 0.228. The normalized spacial score (nSPS) is 17.9. The summed E-state index contributed by atoms with van der Waals surface area (Å²) in [6, 6.07) is 5.82. The van der Waals surface area contributed by atoms with E-state index in [4.69, 9.17) is 0 Å². The van der Waals surface area contributed by atoms with Gasteiger partial charge in [0.25, 0.3) is 0 Å². The molecule has 19 heavy (non-hydrogen) atoms. The molecule has 1 fully saturated rings. The highest BCUT2D eigenvalue weighted by atomic mass is 19.4. The molecular weight excluding hydrogens is 259 g/mol. The molecule has 0 heterocycles. The molecule has 1 aliphatic carbocycles. The average molecular weight is 275 g/mol. The minimum Gasteiger partial charge on any atom is -0.406 e. The number of nitrogens with one attached hydrogen (secondary N) is 1. The van der Waals surface area contributed by atoms with Gasteiger partial charge in [0.2, 0.25) is 0 Å². The Morgan fingerprint density at radius 3 is 2.63 bits per heavy atom. The molecule has 0 aliphatic heterocycles. The summed E-state index contributed by atoms with van der Waals surface area (Å²) in [5.41, 5.74) is 0.0461. The van der Waals surface area contributed by atoms with E-state index in [1.54, 1.807) is 6.07 Å². The van der Waals surface area contributed by atoms with Gasteiger partial charge in [-0.2, -0.15) is 0 Å². The van der Waals surface area contributed by atoms with Gasteiger partial charge in [-0.1, -0.05) is 12.1 Å². The van der Waals surface area contributed by atoms with Crippen molar-refractivity contribution in [3.8, 4) is 5.75 Å². The van der Waals surface area contributed by atoms with Crippen molar-refractivity contribution in [3.63, 3.8) is 0 Å². The zero-order valence-corrected chi connectivity index (χ0v) is 10.3. The summed E-state index contributed by atoms with van der Waals surface area (Å²) >= 11 is 0. The van der Waals surface area contributed by atoms with Gasteiger partial charge in [0.05, 0.1) is 5.60 Å². The van der Waals surface area contributed by atoms with Gasteiger partial charge in [0.15, 0.2) is 0 Å². The fraction of sp³-hybridized carbons (Fsp3) is 0.538. The zero-order chi connectivity index (χ0) is 13.9. The van der Waals surface area contributed by atoms with Crippen LogP contribution in [0.5, 0.6) is 5.75 Å². The van der Waals surface area contributed by atoms with Crippen LogP contribution < -0.4 is 10.1 Å². The second-order valence-electron chi connectivity index (χ2n) is 4.88.